The Morgan fingerprint density at radius 2 is 2.00 bits per heavy atom. The number of carbonyl (C=O) groups is 1. The minimum absolute atomic E-state index is 0.292. The van der Waals surface area contributed by atoms with Crippen molar-refractivity contribution in [3.05, 3.63) is 35.4 Å². The van der Waals surface area contributed by atoms with Crippen LogP contribution in [-0.4, -0.2) is 24.4 Å². The topological polar surface area (TPSA) is 46.3 Å². The SMILES string of the molecule is CC.Cc1cccc(CN(C)CC(N)=O)c1. The highest BCUT2D eigenvalue weighted by Crippen LogP contribution is 2.05. The molecule has 3 nitrogen and oxygen atoms in total. The Morgan fingerprint density at radius 1 is 1.38 bits per heavy atom. The van der Waals surface area contributed by atoms with Gasteiger partial charge in [0.25, 0.3) is 0 Å². The molecule has 1 rings (SSSR count). The molecule has 1 aromatic rings. The summed E-state index contributed by atoms with van der Waals surface area (Å²) in [5, 5.41) is 0. The van der Waals surface area contributed by atoms with Crippen LogP contribution in [0.2, 0.25) is 0 Å². The second-order valence-corrected chi connectivity index (χ2v) is 3.63. The quantitative estimate of drug-likeness (QED) is 0.846. The Hall–Kier alpha value is -1.35. The fourth-order valence-electron chi connectivity index (χ4n) is 1.44. The lowest BCUT2D eigenvalue weighted by molar-refractivity contribution is -0.118. The van der Waals surface area contributed by atoms with Gasteiger partial charge in [0.15, 0.2) is 0 Å². The number of hydrogen-bond acceptors (Lipinski definition) is 2. The van der Waals surface area contributed by atoms with Gasteiger partial charge in [-0.2, -0.15) is 0 Å². The number of hydrogen-bond donors (Lipinski definition) is 1. The fraction of sp³-hybridized carbons (Fsp3) is 0.462. The van der Waals surface area contributed by atoms with Crippen molar-refractivity contribution in [2.45, 2.75) is 27.3 Å². The van der Waals surface area contributed by atoms with Crippen molar-refractivity contribution in [3.63, 3.8) is 0 Å². The van der Waals surface area contributed by atoms with E-state index in [1.54, 1.807) is 0 Å². The summed E-state index contributed by atoms with van der Waals surface area (Å²) in [5.41, 5.74) is 7.53. The lowest BCUT2D eigenvalue weighted by Crippen LogP contribution is -2.30. The van der Waals surface area contributed by atoms with Crippen LogP contribution in [0.3, 0.4) is 0 Å². The average molecular weight is 222 g/mol. The zero-order valence-corrected chi connectivity index (χ0v) is 10.7. The van der Waals surface area contributed by atoms with Crippen LogP contribution in [0.5, 0.6) is 0 Å². The molecule has 0 saturated heterocycles. The van der Waals surface area contributed by atoms with Crippen LogP contribution in [0.15, 0.2) is 24.3 Å². The minimum Gasteiger partial charge on any atom is -0.369 e. The van der Waals surface area contributed by atoms with E-state index in [2.05, 4.69) is 19.1 Å². The third-order valence-electron chi connectivity index (χ3n) is 1.96. The van der Waals surface area contributed by atoms with Gasteiger partial charge in [-0.3, -0.25) is 9.69 Å². The zero-order chi connectivity index (χ0) is 12.6. The highest BCUT2D eigenvalue weighted by Gasteiger charge is 2.03. The largest absolute Gasteiger partial charge is 0.369 e. The van der Waals surface area contributed by atoms with Gasteiger partial charge < -0.3 is 5.73 Å². The van der Waals surface area contributed by atoms with Gasteiger partial charge in [-0.15, -0.1) is 0 Å². The summed E-state index contributed by atoms with van der Waals surface area (Å²) in [7, 11) is 1.88. The number of amides is 1. The molecule has 0 aliphatic rings. The summed E-state index contributed by atoms with van der Waals surface area (Å²) in [6.45, 7) is 7.11. The molecular weight excluding hydrogens is 200 g/mol. The summed E-state index contributed by atoms with van der Waals surface area (Å²) < 4.78 is 0. The van der Waals surface area contributed by atoms with E-state index in [1.165, 1.54) is 11.1 Å². The number of carbonyl (C=O) groups excluding carboxylic acids is 1. The predicted octanol–water partition coefficient (Wildman–Crippen LogP) is 1.94. The first-order chi connectivity index (χ1) is 7.58. The molecule has 0 unspecified atom stereocenters. The van der Waals surface area contributed by atoms with E-state index in [0.717, 1.165) is 6.54 Å². The molecule has 0 aromatic heterocycles. The van der Waals surface area contributed by atoms with Crippen LogP contribution in [0, 0.1) is 6.92 Å². The zero-order valence-electron chi connectivity index (χ0n) is 10.7. The molecule has 2 N–H and O–H groups in total. The Balaban J connectivity index is 0.00000106. The number of likely N-dealkylation sites (N-methyl/N-ethyl adjacent to an activating group) is 1. The lowest BCUT2D eigenvalue weighted by Gasteiger charge is -2.14. The van der Waals surface area contributed by atoms with E-state index in [9.17, 15) is 4.79 Å². The van der Waals surface area contributed by atoms with Gasteiger partial charge in [-0.05, 0) is 19.5 Å². The Morgan fingerprint density at radius 3 is 2.50 bits per heavy atom. The Labute approximate surface area is 98.3 Å². The molecule has 16 heavy (non-hydrogen) atoms. The van der Waals surface area contributed by atoms with Crippen molar-refractivity contribution in [1.29, 1.82) is 0 Å². The molecule has 1 aromatic carbocycles. The number of rotatable bonds is 4. The molecule has 0 saturated carbocycles. The normalized spacial score (nSPS) is 9.56. The van der Waals surface area contributed by atoms with Crippen molar-refractivity contribution in [3.8, 4) is 0 Å². The number of nitrogens with zero attached hydrogens (tertiary/aromatic N) is 1. The summed E-state index contributed by atoms with van der Waals surface area (Å²) in [4.78, 5) is 12.5. The molecule has 0 radical (unpaired) electrons. The van der Waals surface area contributed by atoms with Gasteiger partial charge in [0.2, 0.25) is 5.91 Å². The van der Waals surface area contributed by atoms with E-state index in [0.29, 0.717) is 6.54 Å². The predicted molar refractivity (Wildman–Crippen MR) is 68.1 cm³/mol. The molecule has 0 atom stereocenters. The molecule has 0 heterocycles. The monoisotopic (exact) mass is 222 g/mol. The van der Waals surface area contributed by atoms with Crippen LogP contribution in [0.1, 0.15) is 25.0 Å². The van der Waals surface area contributed by atoms with Crippen molar-refractivity contribution in [2.24, 2.45) is 5.73 Å². The van der Waals surface area contributed by atoms with Crippen LogP contribution >= 0.6 is 0 Å². The molecule has 0 spiro atoms. The maximum Gasteiger partial charge on any atom is 0.231 e. The highest BCUT2D eigenvalue weighted by atomic mass is 16.1. The lowest BCUT2D eigenvalue weighted by atomic mass is 10.1. The van der Waals surface area contributed by atoms with Gasteiger partial charge in [0, 0.05) is 6.54 Å². The highest BCUT2D eigenvalue weighted by molar-refractivity contribution is 5.75. The van der Waals surface area contributed by atoms with E-state index in [4.69, 9.17) is 5.73 Å². The smallest absolute Gasteiger partial charge is 0.231 e. The molecule has 1 amide bonds. The fourth-order valence-corrected chi connectivity index (χ4v) is 1.44. The Kier molecular flexibility index (Phi) is 7.21. The number of aryl methyl sites for hydroxylation is 1. The average Bonchev–Trinajstić information content (AvgIpc) is 2.19. The number of nitrogens with two attached hydrogens (primary N) is 1. The molecule has 0 aliphatic heterocycles. The molecule has 0 bridgehead atoms. The number of primary amides is 1. The van der Waals surface area contributed by atoms with Crippen LogP contribution in [-0.2, 0) is 11.3 Å². The molecule has 0 fully saturated rings. The summed E-state index contributed by atoms with van der Waals surface area (Å²) in [5.74, 6) is -0.292. The molecular formula is C13H22N2O. The maximum atomic E-state index is 10.6. The maximum absolute atomic E-state index is 10.6. The first-order valence-electron chi connectivity index (χ1n) is 5.60. The van der Waals surface area contributed by atoms with E-state index in [-0.39, 0.29) is 5.91 Å². The van der Waals surface area contributed by atoms with E-state index in [1.807, 2.05) is 37.9 Å². The van der Waals surface area contributed by atoms with Gasteiger partial charge in [0.05, 0.1) is 6.54 Å². The van der Waals surface area contributed by atoms with Crippen molar-refractivity contribution < 1.29 is 4.79 Å². The van der Waals surface area contributed by atoms with Crippen molar-refractivity contribution in [1.82, 2.24) is 4.90 Å². The standard InChI is InChI=1S/C11H16N2O.C2H6/c1-9-4-3-5-10(6-9)7-13(2)8-11(12)14;1-2/h3-6H,7-8H2,1-2H3,(H2,12,14);1-2H3. The minimum atomic E-state index is -0.292. The third kappa shape index (κ3) is 6.19. The molecule has 3 heteroatoms. The number of benzene rings is 1. The van der Waals surface area contributed by atoms with Gasteiger partial charge >= 0.3 is 0 Å². The van der Waals surface area contributed by atoms with E-state index < -0.39 is 0 Å². The summed E-state index contributed by atoms with van der Waals surface area (Å²) in [6, 6.07) is 8.22. The molecule has 0 aliphatic carbocycles. The first kappa shape index (κ1) is 14.6. The van der Waals surface area contributed by atoms with Crippen molar-refractivity contribution in [2.75, 3.05) is 13.6 Å². The van der Waals surface area contributed by atoms with Crippen LogP contribution < -0.4 is 5.73 Å². The van der Waals surface area contributed by atoms with Crippen LogP contribution in [0.4, 0.5) is 0 Å². The first-order valence-corrected chi connectivity index (χ1v) is 5.60. The second-order valence-electron chi connectivity index (χ2n) is 3.63. The van der Waals surface area contributed by atoms with Crippen molar-refractivity contribution >= 4 is 5.91 Å². The third-order valence-corrected chi connectivity index (χ3v) is 1.96. The summed E-state index contributed by atoms with van der Waals surface area (Å²) >= 11 is 0. The van der Waals surface area contributed by atoms with Crippen LogP contribution in [0.25, 0.3) is 0 Å². The summed E-state index contributed by atoms with van der Waals surface area (Å²) in [6.07, 6.45) is 0. The van der Waals surface area contributed by atoms with E-state index >= 15 is 0 Å². The Bertz CT molecular complexity index is 323. The second kappa shape index (κ2) is 7.88. The van der Waals surface area contributed by atoms with Gasteiger partial charge in [-0.1, -0.05) is 43.7 Å². The molecule has 90 valence electrons. The van der Waals surface area contributed by atoms with Gasteiger partial charge in [0.1, 0.15) is 0 Å². The van der Waals surface area contributed by atoms with Gasteiger partial charge in [-0.25, -0.2) is 0 Å².